The molecule has 0 aliphatic heterocycles. The van der Waals surface area contributed by atoms with Gasteiger partial charge in [-0.15, -0.1) is 10.2 Å². The van der Waals surface area contributed by atoms with Gasteiger partial charge in [0.1, 0.15) is 11.0 Å². The molecule has 0 unspecified atom stereocenters. The van der Waals surface area contributed by atoms with Crippen molar-refractivity contribution in [1.29, 1.82) is 0 Å². The average Bonchev–Trinajstić information content (AvgIpc) is 2.12. The number of hydrogen-bond donors (Lipinski definition) is 2. The van der Waals surface area contributed by atoms with Crippen molar-refractivity contribution in [3.05, 3.63) is 12.4 Å². The summed E-state index contributed by atoms with van der Waals surface area (Å²) in [6.45, 7) is 0. The van der Waals surface area contributed by atoms with Gasteiger partial charge in [0.05, 0.1) is 0 Å². The van der Waals surface area contributed by atoms with Crippen LogP contribution < -0.4 is 11.5 Å². The fraction of sp³-hybridized carbons (Fsp3) is 0. The number of nitrogens with zero attached hydrogens (tertiary/aromatic N) is 4. The Kier molecular flexibility index (Phi) is 1.26. The first-order valence-electron chi connectivity index (χ1n) is 3.27. The van der Waals surface area contributed by atoms with Gasteiger partial charge in [-0.3, -0.25) is 0 Å². The highest BCUT2D eigenvalue weighted by molar-refractivity contribution is 5.90. The van der Waals surface area contributed by atoms with Gasteiger partial charge < -0.3 is 11.5 Å². The van der Waals surface area contributed by atoms with Crippen molar-refractivity contribution in [2.45, 2.75) is 0 Å². The Morgan fingerprint density at radius 3 is 1.67 bits per heavy atom. The molecule has 0 saturated carbocycles. The molecule has 0 bridgehead atoms. The zero-order valence-electron chi connectivity index (χ0n) is 6.10. The molecule has 2 aromatic rings. The minimum atomic E-state index is 0.243. The van der Waals surface area contributed by atoms with Gasteiger partial charge in [0, 0.05) is 12.4 Å². The maximum atomic E-state index is 5.49. The molecule has 60 valence electrons. The third-order valence-corrected chi connectivity index (χ3v) is 1.45. The Morgan fingerprint density at radius 1 is 0.833 bits per heavy atom. The average molecular weight is 162 g/mol. The van der Waals surface area contributed by atoms with E-state index in [0.29, 0.717) is 11.0 Å². The minimum Gasteiger partial charge on any atom is -0.380 e. The lowest BCUT2D eigenvalue weighted by atomic mass is 10.4. The van der Waals surface area contributed by atoms with Crippen LogP contribution >= 0.6 is 0 Å². The Morgan fingerprint density at radius 2 is 1.25 bits per heavy atom. The van der Waals surface area contributed by atoms with Crippen LogP contribution in [0.3, 0.4) is 0 Å². The molecule has 6 heteroatoms. The number of aromatic nitrogens is 4. The molecule has 0 fully saturated rings. The topological polar surface area (TPSA) is 104 Å². The van der Waals surface area contributed by atoms with Gasteiger partial charge >= 0.3 is 0 Å². The first kappa shape index (κ1) is 6.71. The number of hydrogen-bond acceptors (Lipinski definition) is 6. The summed E-state index contributed by atoms with van der Waals surface area (Å²) < 4.78 is 0. The summed E-state index contributed by atoms with van der Waals surface area (Å²) in [6, 6.07) is 0. The Balaban J connectivity index is 2.95. The molecular weight excluding hydrogens is 156 g/mol. The highest BCUT2D eigenvalue weighted by atomic mass is 15.2. The van der Waals surface area contributed by atoms with E-state index in [4.69, 9.17) is 11.5 Å². The van der Waals surface area contributed by atoms with Crippen molar-refractivity contribution in [3.8, 4) is 0 Å². The second-order valence-corrected chi connectivity index (χ2v) is 2.22. The van der Waals surface area contributed by atoms with Gasteiger partial charge in [-0.25, -0.2) is 9.97 Å². The van der Waals surface area contributed by atoms with E-state index in [9.17, 15) is 0 Å². The van der Waals surface area contributed by atoms with Crippen LogP contribution in [0.2, 0.25) is 0 Å². The molecule has 2 rings (SSSR count). The molecule has 0 aliphatic rings. The van der Waals surface area contributed by atoms with E-state index < -0.39 is 0 Å². The monoisotopic (exact) mass is 162 g/mol. The molecule has 0 radical (unpaired) electrons. The largest absolute Gasteiger partial charge is 0.380 e. The molecule has 12 heavy (non-hydrogen) atoms. The third-order valence-electron chi connectivity index (χ3n) is 1.45. The van der Waals surface area contributed by atoms with Crippen LogP contribution in [-0.4, -0.2) is 20.2 Å². The number of anilines is 2. The fourth-order valence-corrected chi connectivity index (χ4v) is 0.915. The van der Waals surface area contributed by atoms with Gasteiger partial charge in [-0.05, 0) is 0 Å². The van der Waals surface area contributed by atoms with E-state index in [1.54, 1.807) is 0 Å². The first-order valence-corrected chi connectivity index (χ1v) is 3.27. The van der Waals surface area contributed by atoms with Gasteiger partial charge in [-0.1, -0.05) is 0 Å². The smallest absolute Gasteiger partial charge is 0.174 e. The van der Waals surface area contributed by atoms with E-state index in [1.165, 1.54) is 12.4 Å². The number of fused-ring (bicyclic) bond motifs is 1. The summed E-state index contributed by atoms with van der Waals surface area (Å²) in [5, 5.41) is 7.21. The lowest BCUT2D eigenvalue weighted by Crippen LogP contribution is -2.02. The van der Waals surface area contributed by atoms with E-state index >= 15 is 0 Å². The zero-order chi connectivity index (χ0) is 8.55. The SMILES string of the molecule is Nc1nnc(N)c2nccnc12. The number of rotatable bonds is 0. The first-order chi connectivity index (χ1) is 5.79. The molecule has 2 heterocycles. The molecule has 2 aromatic heterocycles. The van der Waals surface area contributed by atoms with Crippen LogP contribution in [0.25, 0.3) is 11.0 Å². The van der Waals surface area contributed by atoms with Crippen molar-refractivity contribution in [2.24, 2.45) is 0 Å². The minimum absolute atomic E-state index is 0.243. The third kappa shape index (κ3) is 0.815. The maximum absolute atomic E-state index is 5.49. The molecule has 4 N–H and O–H groups in total. The Bertz CT molecular complexity index is 385. The van der Waals surface area contributed by atoms with Crippen LogP contribution in [0.15, 0.2) is 12.4 Å². The molecule has 0 saturated heterocycles. The van der Waals surface area contributed by atoms with Crippen LogP contribution in [0, 0.1) is 0 Å². The van der Waals surface area contributed by atoms with Crippen molar-refractivity contribution >= 4 is 22.7 Å². The molecule has 6 nitrogen and oxygen atoms in total. The number of nitrogens with two attached hydrogens (primary N) is 2. The lowest BCUT2D eigenvalue weighted by Gasteiger charge is -1.98. The highest BCUT2D eigenvalue weighted by Crippen LogP contribution is 2.16. The summed E-state index contributed by atoms with van der Waals surface area (Å²) in [7, 11) is 0. The van der Waals surface area contributed by atoms with Gasteiger partial charge in [0.15, 0.2) is 11.6 Å². The van der Waals surface area contributed by atoms with Crippen molar-refractivity contribution in [2.75, 3.05) is 11.5 Å². The molecule has 0 amide bonds. The summed E-state index contributed by atoms with van der Waals surface area (Å²) in [5.41, 5.74) is 12.0. The van der Waals surface area contributed by atoms with Crippen molar-refractivity contribution < 1.29 is 0 Å². The predicted octanol–water partition coefficient (Wildman–Crippen LogP) is -0.416. The molecular formula is C6H6N6. The second kappa shape index (κ2) is 2.26. The maximum Gasteiger partial charge on any atom is 0.174 e. The van der Waals surface area contributed by atoms with E-state index in [0.717, 1.165) is 0 Å². The van der Waals surface area contributed by atoms with E-state index in [-0.39, 0.29) is 11.6 Å². The number of nitrogen functional groups attached to an aromatic ring is 2. The Hall–Kier alpha value is -1.98. The van der Waals surface area contributed by atoms with Gasteiger partial charge in [0.25, 0.3) is 0 Å². The van der Waals surface area contributed by atoms with Gasteiger partial charge in [-0.2, -0.15) is 0 Å². The lowest BCUT2D eigenvalue weighted by molar-refractivity contribution is 1.05. The second-order valence-electron chi connectivity index (χ2n) is 2.22. The fourth-order valence-electron chi connectivity index (χ4n) is 0.915. The standard InChI is InChI=1S/C6H6N6/c7-5-3-4(6(8)12-11-5)10-2-1-9-3/h1-2H,(H2,7,11)(H2,8,12). The Labute approximate surface area is 67.6 Å². The molecule has 0 aromatic carbocycles. The van der Waals surface area contributed by atoms with Crippen LogP contribution in [0.4, 0.5) is 11.6 Å². The summed E-state index contributed by atoms with van der Waals surface area (Å²) in [6.07, 6.45) is 3.06. The van der Waals surface area contributed by atoms with E-state index in [1.807, 2.05) is 0 Å². The normalized spacial score (nSPS) is 10.3. The summed E-state index contributed by atoms with van der Waals surface area (Å²) >= 11 is 0. The summed E-state index contributed by atoms with van der Waals surface area (Å²) in [5.74, 6) is 0.486. The van der Waals surface area contributed by atoms with Gasteiger partial charge in [0.2, 0.25) is 0 Å². The van der Waals surface area contributed by atoms with Crippen molar-refractivity contribution in [3.63, 3.8) is 0 Å². The quantitative estimate of drug-likeness (QED) is 0.545. The van der Waals surface area contributed by atoms with Crippen LogP contribution in [0.5, 0.6) is 0 Å². The molecule has 0 aliphatic carbocycles. The predicted molar refractivity (Wildman–Crippen MR) is 44.0 cm³/mol. The van der Waals surface area contributed by atoms with E-state index in [2.05, 4.69) is 20.2 Å². The van der Waals surface area contributed by atoms with Crippen molar-refractivity contribution in [1.82, 2.24) is 20.2 Å². The molecule has 0 atom stereocenters. The van der Waals surface area contributed by atoms with Crippen LogP contribution in [-0.2, 0) is 0 Å². The molecule has 0 spiro atoms. The highest BCUT2D eigenvalue weighted by Gasteiger charge is 2.04. The zero-order valence-corrected chi connectivity index (χ0v) is 6.10. The summed E-state index contributed by atoms with van der Waals surface area (Å²) in [4.78, 5) is 7.94. The van der Waals surface area contributed by atoms with Crippen LogP contribution in [0.1, 0.15) is 0 Å².